The van der Waals surface area contributed by atoms with Crippen LogP contribution in [0.15, 0.2) is 18.2 Å². The third-order valence-corrected chi connectivity index (χ3v) is 2.45. The zero-order valence-corrected chi connectivity index (χ0v) is 11.2. The first-order chi connectivity index (χ1) is 7.78. The first kappa shape index (κ1) is 14.1. The third kappa shape index (κ3) is 5.26. The van der Waals surface area contributed by atoms with Crippen molar-refractivity contribution < 1.29 is 4.79 Å². The van der Waals surface area contributed by atoms with Gasteiger partial charge in [0.25, 0.3) is 0 Å². The molecule has 0 spiro atoms. The summed E-state index contributed by atoms with van der Waals surface area (Å²) in [6, 6.07) is 4.48. The summed E-state index contributed by atoms with van der Waals surface area (Å²) < 4.78 is 0. The number of nitrogens with two attached hydrogens (primary N) is 1. The van der Waals surface area contributed by atoms with Gasteiger partial charge >= 0.3 is 6.03 Å². The second-order valence-electron chi connectivity index (χ2n) is 4.42. The van der Waals surface area contributed by atoms with Gasteiger partial charge in [0, 0.05) is 17.1 Å². The molecule has 0 bridgehead atoms. The fourth-order valence-corrected chi connectivity index (χ4v) is 1.40. The van der Waals surface area contributed by atoms with E-state index in [2.05, 4.69) is 10.6 Å². The molecule has 0 heterocycles. The second-order valence-corrected chi connectivity index (χ2v) is 5.26. The van der Waals surface area contributed by atoms with Crippen LogP contribution in [0, 0.1) is 0 Å². The van der Waals surface area contributed by atoms with Gasteiger partial charge in [-0.15, -0.1) is 0 Å². The molecule has 4 N–H and O–H groups in total. The summed E-state index contributed by atoms with van der Waals surface area (Å²) in [7, 11) is 0. The zero-order chi connectivity index (χ0) is 13.1. The first-order valence-electron chi connectivity index (χ1n) is 5.07. The van der Waals surface area contributed by atoms with Gasteiger partial charge in [-0.1, -0.05) is 23.2 Å². The molecule has 2 amide bonds. The lowest BCUT2D eigenvalue weighted by atomic mass is 10.1. The van der Waals surface area contributed by atoms with E-state index in [1.54, 1.807) is 18.2 Å². The molecule has 0 radical (unpaired) electrons. The highest BCUT2D eigenvalue weighted by atomic mass is 35.5. The van der Waals surface area contributed by atoms with E-state index in [-0.39, 0.29) is 6.03 Å². The Hall–Kier alpha value is -0.970. The lowest BCUT2D eigenvalue weighted by molar-refractivity contribution is 0.250. The third-order valence-electron chi connectivity index (χ3n) is 1.88. The number of hydrogen-bond acceptors (Lipinski definition) is 2. The molecule has 0 saturated carbocycles. The van der Waals surface area contributed by atoms with Gasteiger partial charge in [-0.3, -0.25) is 0 Å². The van der Waals surface area contributed by atoms with Crippen molar-refractivity contribution in [2.75, 3.05) is 11.9 Å². The highest BCUT2D eigenvalue weighted by molar-refractivity contribution is 6.35. The van der Waals surface area contributed by atoms with Crippen LogP contribution in [0.25, 0.3) is 0 Å². The van der Waals surface area contributed by atoms with Crippen LogP contribution in [-0.4, -0.2) is 18.1 Å². The van der Waals surface area contributed by atoms with Gasteiger partial charge in [0.1, 0.15) is 0 Å². The van der Waals surface area contributed by atoms with Crippen molar-refractivity contribution in [3.8, 4) is 0 Å². The summed E-state index contributed by atoms with van der Waals surface area (Å²) in [4.78, 5) is 11.5. The molecule has 0 unspecified atom stereocenters. The molecule has 0 aliphatic rings. The first-order valence-corrected chi connectivity index (χ1v) is 5.82. The van der Waals surface area contributed by atoms with Crippen LogP contribution >= 0.6 is 23.2 Å². The van der Waals surface area contributed by atoms with E-state index in [9.17, 15) is 4.79 Å². The van der Waals surface area contributed by atoms with E-state index < -0.39 is 5.54 Å². The molecule has 0 fully saturated rings. The summed E-state index contributed by atoms with van der Waals surface area (Å²) in [6.45, 7) is 4.00. The minimum Gasteiger partial charge on any atom is -0.336 e. The van der Waals surface area contributed by atoms with Crippen LogP contribution in [0.5, 0.6) is 0 Å². The van der Waals surface area contributed by atoms with Gasteiger partial charge in [-0.25, -0.2) is 4.79 Å². The summed E-state index contributed by atoms with van der Waals surface area (Å²) >= 11 is 11.7. The van der Waals surface area contributed by atoms with Crippen LogP contribution in [-0.2, 0) is 0 Å². The molecule has 1 aromatic carbocycles. The monoisotopic (exact) mass is 275 g/mol. The summed E-state index contributed by atoms with van der Waals surface area (Å²) in [5.74, 6) is 0. The maximum Gasteiger partial charge on any atom is 0.319 e. The van der Waals surface area contributed by atoms with Crippen molar-refractivity contribution in [1.29, 1.82) is 0 Å². The smallest absolute Gasteiger partial charge is 0.319 e. The number of carbonyl (C=O) groups is 1. The van der Waals surface area contributed by atoms with Crippen molar-refractivity contribution in [3.63, 3.8) is 0 Å². The Morgan fingerprint density at radius 3 is 2.65 bits per heavy atom. The summed E-state index contributed by atoms with van der Waals surface area (Å²) in [5, 5.41) is 6.17. The molecule has 1 aromatic rings. The number of halogens is 2. The van der Waals surface area contributed by atoms with Crippen LogP contribution in [0.3, 0.4) is 0 Å². The molecule has 0 aromatic heterocycles. The fourth-order valence-electron chi connectivity index (χ4n) is 1.07. The van der Waals surface area contributed by atoms with Crippen molar-refractivity contribution in [1.82, 2.24) is 5.32 Å². The topological polar surface area (TPSA) is 67.1 Å². The Bertz CT molecular complexity index is 416. The molecule has 0 saturated heterocycles. The van der Waals surface area contributed by atoms with Crippen molar-refractivity contribution in [2.45, 2.75) is 19.4 Å². The summed E-state index contributed by atoms with van der Waals surface area (Å²) in [5.41, 5.74) is 5.74. The van der Waals surface area contributed by atoms with E-state index in [1.807, 2.05) is 13.8 Å². The molecule has 4 nitrogen and oxygen atoms in total. The molecule has 94 valence electrons. The second kappa shape index (κ2) is 5.58. The van der Waals surface area contributed by atoms with E-state index in [0.29, 0.717) is 22.3 Å². The molecule has 0 aliphatic heterocycles. The summed E-state index contributed by atoms with van der Waals surface area (Å²) in [6.07, 6.45) is 0. The predicted octanol–water partition coefficient (Wildman–Crippen LogP) is 2.85. The molecule has 0 aliphatic carbocycles. The lowest BCUT2D eigenvalue weighted by Crippen LogP contribution is -2.46. The number of amides is 2. The van der Waals surface area contributed by atoms with Crippen LogP contribution in [0.1, 0.15) is 13.8 Å². The highest BCUT2D eigenvalue weighted by Gasteiger charge is 2.12. The maximum absolute atomic E-state index is 11.5. The molecular weight excluding hydrogens is 261 g/mol. The van der Waals surface area contributed by atoms with Gasteiger partial charge in [0.2, 0.25) is 0 Å². The number of benzene rings is 1. The quantitative estimate of drug-likeness (QED) is 0.794. The Labute approximate surface area is 110 Å². The maximum atomic E-state index is 11.5. The molecule has 6 heteroatoms. The Kier molecular flexibility index (Phi) is 4.62. The van der Waals surface area contributed by atoms with E-state index in [4.69, 9.17) is 28.9 Å². The SMILES string of the molecule is CC(C)(N)CNC(=O)Nc1cc(Cl)ccc1Cl. The van der Waals surface area contributed by atoms with Gasteiger partial charge in [0.15, 0.2) is 0 Å². The highest BCUT2D eigenvalue weighted by Crippen LogP contribution is 2.25. The van der Waals surface area contributed by atoms with Crippen LogP contribution in [0.4, 0.5) is 10.5 Å². The Morgan fingerprint density at radius 2 is 2.06 bits per heavy atom. The Morgan fingerprint density at radius 1 is 1.41 bits per heavy atom. The molecule has 17 heavy (non-hydrogen) atoms. The molecule has 1 rings (SSSR count). The number of rotatable bonds is 3. The molecular formula is C11H15Cl2N3O. The van der Waals surface area contributed by atoms with Crippen molar-refractivity contribution in [3.05, 3.63) is 28.2 Å². The van der Waals surface area contributed by atoms with Gasteiger partial charge in [0.05, 0.1) is 10.7 Å². The minimum absolute atomic E-state index is 0.358. The van der Waals surface area contributed by atoms with E-state index in [1.165, 1.54) is 0 Å². The number of urea groups is 1. The van der Waals surface area contributed by atoms with Crippen molar-refractivity contribution >= 4 is 34.9 Å². The average Bonchev–Trinajstić information content (AvgIpc) is 2.20. The predicted molar refractivity (Wildman–Crippen MR) is 71.7 cm³/mol. The number of hydrogen-bond donors (Lipinski definition) is 3. The zero-order valence-electron chi connectivity index (χ0n) is 9.68. The Balaban J connectivity index is 2.59. The lowest BCUT2D eigenvalue weighted by Gasteiger charge is -2.19. The van der Waals surface area contributed by atoms with E-state index in [0.717, 1.165) is 0 Å². The number of anilines is 1. The average molecular weight is 276 g/mol. The number of carbonyl (C=O) groups excluding carboxylic acids is 1. The van der Waals surface area contributed by atoms with Gasteiger partial charge in [-0.05, 0) is 32.0 Å². The van der Waals surface area contributed by atoms with Crippen LogP contribution in [0.2, 0.25) is 10.0 Å². The standard InChI is InChI=1S/C11H15Cl2N3O/c1-11(2,14)6-15-10(17)16-9-5-7(12)3-4-8(9)13/h3-5H,6,14H2,1-2H3,(H2,15,16,17). The number of nitrogens with one attached hydrogen (secondary N) is 2. The normalized spacial score (nSPS) is 11.1. The van der Waals surface area contributed by atoms with Gasteiger partial charge in [-0.2, -0.15) is 0 Å². The van der Waals surface area contributed by atoms with E-state index >= 15 is 0 Å². The largest absolute Gasteiger partial charge is 0.336 e. The van der Waals surface area contributed by atoms with Crippen molar-refractivity contribution in [2.24, 2.45) is 5.73 Å². The minimum atomic E-state index is -0.463. The van der Waals surface area contributed by atoms with Crippen LogP contribution < -0.4 is 16.4 Å². The fraction of sp³-hybridized carbons (Fsp3) is 0.364. The van der Waals surface area contributed by atoms with Gasteiger partial charge < -0.3 is 16.4 Å². The molecule has 0 atom stereocenters.